The number of nitrogens with two attached hydrogens (primary N) is 1. The van der Waals surface area contributed by atoms with Crippen molar-refractivity contribution in [1.29, 1.82) is 0 Å². The third-order valence-electron chi connectivity index (χ3n) is 3.98. The zero-order chi connectivity index (χ0) is 15.9. The lowest BCUT2D eigenvalue weighted by atomic mass is 9.75. The number of hydrogen-bond acceptors (Lipinski definition) is 5. The van der Waals surface area contributed by atoms with E-state index in [0.29, 0.717) is 5.82 Å². The molecule has 116 valence electrons. The molecule has 1 amide bonds. The van der Waals surface area contributed by atoms with Crippen LogP contribution in [0.4, 0.5) is 5.82 Å². The maximum Gasteiger partial charge on any atom is 0.269 e. The van der Waals surface area contributed by atoms with Crippen molar-refractivity contribution < 1.29 is 9.21 Å². The fourth-order valence-electron chi connectivity index (χ4n) is 3.03. The molecule has 22 heavy (non-hydrogen) atoms. The van der Waals surface area contributed by atoms with Crippen LogP contribution in [0.15, 0.2) is 22.6 Å². The van der Waals surface area contributed by atoms with Crippen LogP contribution in [0.5, 0.6) is 0 Å². The van der Waals surface area contributed by atoms with Crippen molar-refractivity contribution in [2.75, 3.05) is 5.32 Å². The zero-order valence-electron chi connectivity index (χ0n) is 13.0. The minimum Gasteiger partial charge on any atom is -0.466 e. The second-order valence-electron chi connectivity index (χ2n) is 6.65. The summed E-state index contributed by atoms with van der Waals surface area (Å²) in [5, 5.41) is 11.2. The number of aryl methyl sites for hydroxylation is 1. The second-order valence-corrected chi connectivity index (χ2v) is 6.65. The highest BCUT2D eigenvalue weighted by molar-refractivity contribution is 5.90. The summed E-state index contributed by atoms with van der Waals surface area (Å²) in [7, 11) is 0. The maximum atomic E-state index is 11.0. The fourth-order valence-corrected chi connectivity index (χ4v) is 3.03. The Hall–Kier alpha value is -2.37. The van der Waals surface area contributed by atoms with Gasteiger partial charge in [0.25, 0.3) is 5.91 Å². The van der Waals surface area contributed by atoms with Gasteiger partial charge in [-0.3, -0.25) is 4.79 Å². The number of aromatic nitrogens is 2. The zero-order valence-corrected chi connectivity index (χ0v) is 13.0. The number of hydrogen-bond donors (Lipinski definition) is 2. The number of carbonyl (C=O) groups excluding carboxylic acids is 1. The highest BCUT2D eigenvalue weighted by Gasteiger charge is 2.35. The molecule has 6 heteroatoms. The molecule has 6 nitrogen and oxygen atoms in total. The summed E-state index contributed by atoms with van der Waals surface area (Å²) in [5.74, 6) is 2.00. The normalized spacial score (nSPS) is 19.5. The number of nitrogens with one attached hydrogen (secondary N) is 1. The molecule has 1 atom stereocenters. The van der Waals surface area contributed by atoms with E-state index in [1.54, 1.807) is 12.1 Å². The van der Waals surface area contributed by atoms with E-state index in [4.69, 9.17) is 10.2 Å². The summed E-state index contributed by atoms with van der Waals surface area (Å²) in [6.45, 7) is 6.42. The molecule has 1 aliphatic rings. The first kappa shape index (κ1) is 14.6. The van der Waals surface area contributed by atoms with Crippen LogP contribution in [-0.2, 0) is 6.42 Å². The SMILES string of the molecule is Cc1cc2c(o1)CC(C)(C)C[C@@H]2Nc1ccc(C(N)=O)nn1. The van der Waals surface area contributed by atoms with Gasteiger partial charge in [0.1, 0.15) is 17.3 Å². The van der Waals surface area contributed by atoms with Gasteiger partial charge in [-0.1, -0.05) is 13.8 Å². The predicted molar refractivity (Wildman–Crippen MR) is 82.5 cm³/mol. The maximum absolute atomic E-state index is 11.0. The summed E-state index contributed by atoms with van der Waals surface area (Å²) in [6, 6.07) is 5.49. The van der Waals surface area contributed by atoms with Crippen LogP contribution in [0, 0.1) is 12.3 Å². The number of fused-ring (bicyclic) bond motifs is 1. The molecular formula is C16H20N4O2. The number of furan rings is 1. The molecule has 1 aliphatic carbocycles. The Morgan fingerprint density at radius 2 is 2.18 bits per heavy atom. The van der Waals surface area contributed by atoms with Crippen LogP contribution in [0.3, 0.4) is 0 Å². The molecule has 0 saturated carbocycles. The van der Waals surface area contributed by atoms with Crippen molar-refractivity contribution in [3.8, 4) is 0 Å². The molecular weight excluding hydrogens is 280 g/mol. The van der Waals surface area contributed by atoms with Gasteiger partial charge in [0.05, 0.1) is 6.04 Å². The molecule has 2 aromatic rings. The molecule has 0 saturated heterocycles. The van der Waals surface area contributed by atoms with Crippen molar-refractivity contribution in [3.63, 3.8) is 0 Å². The van der Waals surface area contributed by atoms with E-state index in [9.17, 15) is 4.79 Å². The summed E-state index contributed by atoms with van der Waals surface area (Å²) in [6.07, 6.45) is 1.90. The summed E-state index contributed by atoms with van der Waals surface area (Å²) < 4.78 is 5.82. The van der Waals surface area contributed by atoms with E-state index in [0.717, 1.165) is 24.4 Å². The summed E-state index contributed by atoms with van der Waals surface area (Å²) in [5.41, 5.74) is 6.66. The third-order valence-corrected chi connectivity index (χ3v) is 3.98. The lowest BCUT2D eigenvalue weighted by Crippen LogP contribution is -2.28. The Labute approximate surface area is 129 Å². The molecule has 3 N–H and O–H groups in total. The van der Waals surface area contributed by atoms with Gasteiger partial charge < -0.3 is 15.5 Å². The van der Waals surface area contributed by atoms with Crippen LogP contribution in [0.1, 0.15) is 53.9 Å². The Balaban J connectivity index is 1.86. The van der Waals surface area contributed by atoms with Gasteiger partial charge in [0, 0.05) is 12.0 Å². The quantitative estimate of drug-likeness (QED) is 0.908. The number of amides is 1. The van der Waals surface area contributed by atoms with Crippen LogP contribution in [0.25, 0.3) is 0 Å². The fraction of sp³-hybridized carbons (Fsp3) is 0.438. The molecule has 0 aliphatic heterocycles. The topological polar surface area (TPSA) is 94.0 Å². The van der Waals surface area contributed by atoms with E-state index in [2.05, 4.69) is 35.4 Å². The molecule has 0 radical (unpaired) electrons. The molecule has 0 bridgehead atoms. The number of rotatable bonds is 3. The van der Waals surface area contributed by atoms with Gasteiger partial charge in [-0.05, 0) is 37.0 Å². The number of primary amides is 1. The Kier molecular flexibility index (Phi) is 3.39. The lowest BCUT2D eigenvalue weighted by molar-refractivity contribution is 0.0994. The summed E-state index contributed by atoms with van der Waals surface area (Å²) >= 11 is 0. The van der Waals surface area contributed by atoms with Crippen molar-refractivity contribution in [3.05, 3.63) is 41.0 Å². The van der Waals surface area contributed by atoms with Gasteiger partial charge >= 0.3 is 0 Å². The second kappa shape index (κ2) is 5.12. The average Bonchev–Trinajstić information content (AvgIpc) is 2.78. The Morgan fingerprint density at radius 1 is 1.41 bits per heavy atom. The van der Waals surface area contributed by atoms with Crippen LogP contribution in [-0.4, -0.2) is 16.1 Å². The molecule has 2 aromatic heterocycles. The van der Waals surface area contributed by atoms with E-state index in [-0.39, 0.29) is 17.2 Å². The number of nitrogens with zero attached hydrogens (tertiary/aromatic N) is 2. The smallest absolute Gasteiger partial charge is 0.269 e. The van der Waals surface area contributed by atoms with E-state index >= 15 is 0 Å². The molecule has 0 aromatic carbocycles. The lowest BCUT2D eigenvalue weighted by Gasteiger charge is -2.34. The number of carbonyl (C=O) groups is 1. The minimum absolute atomic E-state index is 0.116. The van der Waals surface area contributed by atoms with Crippen molar-refractivity contribution >= 4 is 11.7 Å². The predicted octanol–water partition coefficient (Wildman–Crippen LogP) is 2.60. The molecule has 0 spiro atoms. The first-order chi connectivity index (χ1) is 10.3. The monoisotopic (exact) mass is 300 g/mol. The highest BCUT2D eigenvalue weighted by atomic mass is 16.3. The van der Waals surface area contributed by atoms with E-state index in [1.807, 2.05) is 6.92 Å². The van der Waals surface area contributed by atoms with E-state index in [1.165, 1.54) is 5.56 Å². The van der Waals surface area contributed by atoms with Crippen LogP contribution < -0.4 is 11.1 Å². The average molecular weight is 300 g/mol. The van der Waals surface area contributed by atoms with Crippen LogP contribution >= 0.6 is 0 Å². The first-order valence-corrected chi connectivity index (χ1v) is 7.33. The summed E-state index contributed by atoms with van der Waals surface area (Å²) in [4.78, 5) is 11.0. The Bertz CT molecular complexity index is 703. The van der Waals surface area contributed by atoms with E-state index < -0.39 is 5.91 Å². The van der Waals surface area contributed by atoms with Gasteiger partial charge in [0.2, 0.25) is 0 Å². The highest BCUT2D eigenvalue weighted by Crippen LogP contribution is 2.43. The molecule has 3 rings (SSSR count). The van der Waals surface area contributed by atoms with Gasteiger partial charge in [-0.25, -0.2) is 0 Å². The molecule has 0 fully saturated rings. The first-order valence-electron chi connectivity index (χ1n) is 7.33. The van der Waals surface area contributed by atoms with Gasteiger partial charge in [0.15, 0.2) is 5.69 Å². The van der Waals surface area contributed by atoms with Crippen molar-refractivity contribution in [2.45, 2.75) is 39.7 Å². The molecule has 2 heterocycles. The standard InChI is InChI=1S/C16H20N4O2/c1-9-6-10-12(7-16(2,3)8-13(10)22-9)18-14-5-4-11(15(17)21)19-20-14/h4-6,12H,7-8H2,1-3H3,(H2,17,21)(H,18,20)/t12-/m0/s1. The number of anilines is 1. The van der Waals surface area contributed by atoms with Crippen molar-refractivity contribution in [1.82, 2.24) is 10.2 Å². The Morgan fingerprint density at radius 3 is 2.82 bits per heavy atom. The van der Waals surface area contributed by atoms with Gasteiger partial charge in [-0.2, -0.15) is 0 Å². The molecule has 0 unspecified atom stereocenters. The van der Waals surface area contributed by atoms with Gasteiger partial charge in [-0.15, -0.1) is 10.2 Å². The van der Waals surface area contributed by atoms with Crippen molar-refractivity contribution in [2.24, 2.45) is 11.1 Å². The minimum atomic E-state index is -0.578. The third kappa shape index (κ3) is 2.81. The largest absolute Gasteiger partial charge is 0.466 e. The van der Waals surface area contributed by atoms with Crippen LogP contribution in [0.2, 0.25) is 0 Å².